The van der Waals surface area contributed by atoms with Gasteiger partial charge in [0.1, 0.15) is 5.75 Å². The van der Waals surface area contributed by atoms with E-state index >= 15 is 0 Å². The lowest BCUT2D eigenvalue weighted by Gasteiger charge is -2.39. The molecule has 158 valence electrons. The molecule has 2 amide bonds. The number of carbonyl (C=O) groups excluding carboxylic acids is 2. The van der Waals surface area contributed by atoms with Gasteiger partial charge in [-0.1, -0.05) is 12.1 Å². The van der Waals surface area contributed by atoms with Crippen LogP contribution in [0.5, 0.6) is 5.75 Å². The van der Waals surface area contributed by atoms with Gasteiger partial charge in [0.25, 0.3) is 0 Å². The van der Waals surface area contributed by atoms with E-state index in [4.69, 9.17) is 9.47 Å². The zero-order chi connectivity index (χ0) is 20.2. The highest BCUT2D eigenvalue weighted by Gasteiger charge is 2.47. The number of nitrogens with one attached hydrogen (secondary N) is 3. The van der Waals surface area contributed by atoms with Gasteiger partial charge in [0.15, 0.2) is 0 Å². The van der Waals surface area contributed by atoms with Gasteiger partial charge in [-0.15, -0.1) is 0 Å². The topological polar surface area (TPSA) is 91.9 Å². The molecule has 0 spiro atoms. The number of benzene rings is 1. The number of hydrogen-bond acceptors (Lipinski definition) is 6. The van der Waals surface area contributed by atoms with Crippen LogP contribution in [-0.4, -0.2) is 68.8 Å². The summed E-state index contributed by atoms with van der Waals surface area (Å²) in [4.78, 5) is 27.4. The van der Waals surface area contributed by atoms with E-state index in [0.717, 1.165) is 43.7 Å². The number of amides is 2. The molecule has 3 heterocycles. The molecule has 1 aromatic carbocycles. The average Bonchev–Trinajstić information content (AvgIpc) is 3.38. The van der Waals surface area contributed by atoms with E-state index in [-0.39, 0.29) is 35.8 Å². The number of likely N-dealkylation sites (tertiary alicyclic amines) is 1. The van der Waals surface area contributed by atoms with Crippen LogP contribution < -0.4 is 20.9 Å². The van der Waals surface area contributed by atoms with Gasteiger partial charge in [0.2, 0.25) is 11.8 Å². The summed E-state index contributed by atoms with van der Waals surface area (Å²) in [5.74, 6) is 0.289. The second kappa shape index (κ2) is 9.11. The first kappa shape index (κ1) is 20.1. The van der Waals surface area contributed by atoms with Crippen LogP contribution in [0.25, 0.3) is 0 Å². The Balaban J connectivity index is 1.35. The fourth-order valence-electron chi connectivity index (χ4n) is 4.59. The molecular weight excluding hydrogens is 372 g/mol. The Morgan fingerprint density at radius 1 is 1.38 bits per heavy atom. The Morgan fingerprint density at radius 2 is 2.28 bits per heavy atom. The summed E-state index contributed by atoms with van der Waals surface area (Å²) in [7, 11) is 1.65. The molecule has 4 atom stereocenters. The summed E-state index contributed by atoms with van der Waals surface area (Å²) in [6, 6.07) is 7.69. The minimum absolute atomic E-state index is 0.0102. The first-order chi connectivity index (χ1) is 14.1. The lowest BCUT2D eigenvalue weighted by Crippen LogP contribution is -2.58. The molecule has 8 nitrogen and oxygen atoms in total. The van der Waals surface area contributed by atoms with Gasteiger partial charge in [-0.05, 0) is 37.0 Å². The molecule has 3 aliphatic heterocycles. The SMILES string of the molecule is COc1cccc(CCNC(=O)C2CN(CC3CCCO3)CC3C(=O)NNC23)c1. The van der Waals surface area contributed by atoms with Gasteiger partial charge in [-0.2, -0.15) is 0 Å². The molecule has 0 aliphatic carbocycles. The van der Waals surface area contributed by atoms with E-state index in [1.54, 1.807) is 7.11 Å². The molecule has 0 radical (unpaired) electrons. The minimum atomic E-state index is -0.278. The van der Waals surface area contributed by atoms with Crippen LogP contribution in [0.3, 0.4) is 0 Å². The number of rotatable bonds is 7. The van der Waals surface area contributed by atoms with Crippen molar-refractivity contribution >= 4 is 11.8 Å². The second-order valence-electron chi connectivity index (χ2n) is 8.12. The highest BCUT2D eigenvalue weighted by molar-refractivity contribution is 5.86. The van der Waals surface area contributed by atoms with Crippen molar-refractivity contribution in [3.8, 4) is 5.75 Å². The third-order valence-electron chi connectivity index (χ3n) is 6.15. The molecule has 8 heteroatoms. The van der Waals surface area contributed by atoms with Crippen LogP contribution in [0.1, 0.15) is 18.4 Å². The highest BCUT2D eigenvalue weighted by atomic mass is 16.5. The molecule has 1 aromatic rings. The normalized spacial score (nSPS) is 29.3. The van der Waals surface area contributed by atoms with Crippen LogP contribution in [0.15, 0.2) is 24.3 Å². The molecule has 3 saturated heterocycles. The Kier molecular flexibility index (Phi) is 6.32. The number of carbonyl (C=O) groups is 2. The number of piperidine rings is 1. The van der Waals surface area contributed by atoms with Crippen LogP contribution in [0.2, 0.25) is 0 Å². The molecule has 0 bridgehead atoms. The van der Waals surface area contributed by atoms with E-state index in [1.807, 2.05) is 24.3 Å². The van der Waals surface area contributed by atoms with Gasteiger partial charge in [-0.25, -0.2) is 5.43 Å². The molecule has 4 rings (SSSR count). The number of hydrazine groups is 1. The number of nitrogens with zero attached hydrogens (tertiary/aromatic N) is 1. The summed E-state index contributed by atoms with van der Waals surface area (Å²) in [6.45, 7) is 3.43. The zero-order valence-electron chi connectivity index (χ0n) is 16.9. The standard InChI is InChI=1S/C21H30N4O4/c1-28-15-5-2-4-14(10-15)7-8-22-20(26)17-12-25(11-16-6-3-9-29-16)13-18-19(17)23-24-21(18)27/h2,4-5,10,16-19,23H,3,6-9,11-13H2,1H3,(H,22,26)(H,24,27). The van der Waals surface area contributed by atoms with Crippen LogP contribution in [0.4, 0.5) is 0 Å². The lowest BCUT2D eigenvalue weighted by atomic mass is 9.83. The summed E-state index contributed by atoms with van der Waals surface area (Å²) in [6.07, 6.45) is 3.07. The lowest BCUT2D eigenvalue weighted by molar-refractivity contribution is -0.130. The quantitative estimate of drug-likeness (QED) is 0.599. The van der Waals surface area contributed by atoms with E-state index in [2.05, 4.69) is 21.1 Å². The largest absolute Gasteiger partial charge is 0.497 e. The summed E-state index contributed by atoms with van der Waals surface area (Å²) >= 11 is 0. The molecule has 4 unspecified atom stereocenters. The second-order valence-corrected chi connectivity index (χ2v) is 8.12. The maximum Gasteiger partial charge on any atom is 0.240 e. The Morgan fingerprint density at radius 3 is 3.07 bits per heavy atom. The average molecular weight is 402 g/mol. The van der Waals surface area contributed by atoms with E-state index in [1.165, 1.54) is 0 Å². The third-order valence-corrected chi connectivity index (χ3v) is 6.15. The predicted molar refractivity (Wildman–Crippen MR) is 107 cm³/mol. The first-order valence-corrected chi connectivity index (χ1v) is 10.4. The molecule has 0 aromatic heterocycles. The van der Waals surface area contributed by atoms with E-state index in [9.17, 15) is 9.59 Å². The smallest absolute Gasteiger partial charge is 0.240 e. The van der Waals surface area contributed by atoms with E-state index < -0.39 is 0 Å². The van der Waals surface area contributed by atoms with Crippen molar-refractivity contribution in [3.05, 3.63) is 29.8 Å². The Hall–Kier alpha value is -2.16. The van der Waals surface area contributed by atoms with Crippen LogP contribution >= 0.6 is 0 Å². The van der Waals surface area contributed by atoms with Crippen LogP contribution in [-0.2, 0) is 20.7 Å². The van der Waals surface area contributed by atoms with Gasteiger partial charge >= 0.3 is 0 Å². The van der Waals surface area contributed by atoms with E-state index in [0.29, 0.717) is 19.6 Å². The molecule has 3 N–H and O–H groups in total. The summed E-state index contributed by atoms with van der Waals surface area (Å²) < 4.78 is 11.0. The summed E-state index contributed by atoms with van der Waals surface area (Å²) in [5, 5.41) is 3.06. The first-order valence-electron chi connectivity index (χ1n) is 10.4. The third kappa shape index (κ3) is 4.71. The maximum atomic E-state index is 13.0. The molecule has 0 saturated carbocycles. The van der Waals surface area contributed by atoms with Crippen molar-refractivity contribution in [1.29, 1.82) is 0 Å². The highest BCUT2D eigenvalue weighted by Crippen LogP contribution is 2.27. The Bertz CT molecular complexity index is 737. The minimum Gasteiger partial charge on any atom is -0.497 e. The predicted octanol–water partition coefficient (Wildman–Crippen LogP) is 0.0839. The van der Waals surface area contributed by atoms with Gasteiger partial charge in [0, 0.05) is 32.8 Å². The number of ether oxygens (including phenoxy) is 2. The summed E-state index contributed by atoms with van der Waals surface area (Å²) in [5.41, 5.74) is 6.87. The van der Waals surface area contributed by atoms with Crippen molar-refractivity contribution in [3.63, 3.8) is 0 Å². The van der Waals surface area contributed by atoms with Crippen molar-refractivity contribution in [2.45, 2.75) is 31.4 Å². The van der Waals surface area contributed by atoms with Crippen LogP contribution in [0, 0.1) is 11.8 Å². The zero-order valence-corrected chi connectivity index (χ0v) is 16.9. The monoisotopic (exact) mass is 402 g/mol. The Labute approximate surface area is 171 Å². The molecule has 3 aliphatic rings. The van der Waals surface area contributed by atoms with Crippen molar-refractivity contribution in [2.24, 2.45) is 11.8 Å². The number of hydrogen-bond donors (Lipinski definition) is 3. The fourth-order valence-corrected chi connectivity index (χ4v) is 4.59. The maximum absolute atomic E-state index is 13.0. The fraction of sp³-hybridized carbons (Fsp3) is 0.619. The van der Waals surface area contributed by atoms with Crippen molar-refractivity contribution in [1.82, 2.24) is 21.1 Å². The number of methoxy groups -OCH3 is 1. The van der Waals surface area contributed by atoms with Crippen molar-refractivity contribution in [2.75, 3.05) is 39.9 Å². The van der Waals surface area contributed by atoms with Gasteiger partial charge in [0.05, 0.1) is 31.1 Å². The molecular formula is C21H30N4O4. The van der Waals surface area contributed by atoms with Crippen molar-refractivity contribution < 1.29 is 19.1 Å². The number of fused-ring (bicyclic) bond motifs is 1. The molecule has 3 fully saturated rings. The van der Waals surface area contributed by atoms with Gasteiger partial charge in [-0.3, -0.25) is 19.9 Å². The van der Waals surface area contributed by atoms with Gasteiger partial charge < -0.3 is 14.8 Å². The molecule has 29 heavy (non-hydrogen) atoms.